The van der Waals surface area contributed by atoms with Gasteiger partial charge in [0.2, 0.25) is 0 Å². The number of para-hydroxylation sites is 1. The minimum absolute atomic E-state index is 0.0314. The van der Waals surface area contributed by atoms with Crippen LogP contribution in [0.25, 0.3) is 0 Å². The quantitative estimate of drug-likeness (QED) is 0.893. The lowest BCUT2D eigenvalue weighted by atomic mass is 10.1. The molecular formula is C14H20N2O4S. The van der Waals surface area contributed by atoms with Crippen molar-refractivity contribution >= 4 is 21.9 Å². The number of carbonyl (C=O) groups is 1. The van der Waals surface area contributed by atoms with Crippen LogP contribution in [0, 0.1) is 0 Å². The summed E-state index contributed by atoms with van der Waals surface area (Å²) in [6.07, 6.45) is 2.40. The topological polar surface area (TPSA) is 77.9 Å². The van der Waals surface area contributed by atoms with Crippen molar-refractivity contribution in [2.75, 3.05) is 24.4 Å². The number of nitrogens with zero attached hydrogens (tertiary/aromatic N) is 2. The molecule has 1 aromatic rings. The molecule has 0 bridgehead atoms. The van der Waals surface area contributed by atoms with E-state index in [0.717, 1.165) is 29.1 Å². The van der Waals surface area contributed by atoms with Gasteiger partial charge in [0, 0.05) is 20.1 Å². The van der Waals surface area contributed by atoms with Gasteiger partial charge in [-0.05, 0) is 30.9 Å². The highest BCUT2D eigenvalue weighted by molar-refractivity contribution is 7.90. The van der Waals surface area contributed by atoms with Crippen molar-refractivity contribution in [1.82, 2.24) is 4.31 Å². The van der Waals surface area contributed by atoms with Gasteiger partial charge < -0.3 is 5.11 Å². The third-order valence-electron chi connectivity index (χ3n) is 3.63. The van der Waals surface area contributed by atoms with Gasteiger partial charge in [-0.25, -0.2) is 0 Å². The fourth-order valence-corrected chi connectivity index (χ4v) is 3.88. The van der Waals surface area contributed by atoms with E-state index < -0.39 is 16.2 Å². The predicted octanol–water partition coefficient (Wildman–Crippen LogP) is 1.48. The van der Waals surface area contributed by atoms with E-state index in [1.165, 1.54) is 11.4 Å². The van der Waals surface area contributed by atoms with Crippen molar-refractivity contribution in [3.05, 3.63) is 29.8 Å². The van der Waals surface area contributed by atoms with Crippen molar-refractivity contribution in [3.8, 4) is 0 Å². The second kappa shape index (κ2) is 6.44. The number of anilines is 1. The molecule has 0 radical (unpaired) electrons. The maximum absolute atomic E-state index is 12.7. The molecule has 0 aliphatic carbocycles. The van der Waals surface area contributed by atoms with Crippen LogP contribution in [0.2, 0.25) is 0 Å². The summed E-state index contributed by atoms with van der Waals surface area (Å²) in [7, 11) is -2.27. The summed E-state index contributed by atoms with van der Waals surface area (Å²) in [6, 6.07) is 7.48. The first-order chi connectivity index (χ1) is 9.93. The third-order valence-corrected chi connectivity index (χ3v) is 5.54. The summed E-state index contributed by atoms with van der Waals surface area (Å²) in [6.45, 7) is 0.396. The van der Waals surface area contributed by atoms with Crippen LogP contribution in [0.4, 0.5) is 5.69 Å². The van der Waals surface area contributed by atoms with E-state index in [2.05, 4.69) is 0 Å². The number of aryl methyl sites for hydroxylation is 1. The molecule has 0 spiro atoms. The van der Waals surface area contributed by atoms with Crippen LogP contribution >= 0.6 is 0 Å². The van der Waals surface area contributed by atoms with Gasteiger partial charge in [0.1, 0.15) is 0 Å². The molecule has 1 aliphatic rings. The molecule has 116 valence electrons. The van der Waals surface area contributed by atoms with Gasteiger partial charge in [0.15, 0.2) is 0 Å². The van der Waals surface area contributed by atoms with Crippen LogP contribution in [-0.4, -0.2) is 43.9 Å². The Bertz CT molecular complexity index is 615. The molecule has 1 aliphatic heterocycles. The second-order valence-corrected chi connectivity index (χ2v) is 7.09. The molecule has 7 heteroatoms. The first-order valence-electron chi connectivity index (χ1n) is 6.96. The predicted molar refractivity (Wildman–Crippen MR) is 80.5 cm³/mol. The van der Waals surface area contributed by atoms with Crippen LogP contribution in [0.15, 0.2) is 24.3 Å². The molecule has 0 amide bonds. The van der Waals surface area contributed by atoms with Crippen molar-refractivity contribution in [2.45, 2.75) is 25.7 Å². The zero-order valence-corrected chi connectivity index (χ0v) is 12.8. The highest BCUT2D eigenvalue weighted by Crippen LogP contribution is 2.29. The molecule has 0 unspecified atom stereocenters. The number of hydrogen-bond acceptors (Lipinski definition) is 3. The molecule has 0 atom stereocenters. The Hall–Kier alpha value is -1.60. The monoisotopic (exact) mass is 312 g/mol. The van der Waals surface area contributed by atoms with E-state index in [1.807, 2.05) is 24.3 Å². The minimum Gasteiger partial charge on any atom is -0.481 e. The molecule has 1 N–H and O–H groups in total. The Kier molecular flexibility index (Phi) is 4.84. The molecule has 0 saturated carbocycles. The summed E-state index contributed by atoms with van der Waals surface area (Å²) >= 11 is 0. The number of rotatable bonds is 5. The first kappa shape index (κ1) is 15.8. The van der Waals surface area contributed by atoms with Gasteiger partial charge in [0.05, 0.1) is 12.1 Å². The molecule has 0 saturated heterocycles. The number of carboxylic acids is 1. The fourth-order valence-electron chi connectivity index (χ4n) is 2.43. The lowest BCUT2D eigenvalue weighted by Gasteiger charge is -2.29. The van der Waals surface area contributed by atoms with E-state index in [0.29, 0.717) is 12.2 Å². The van der Waals surface area contributed by atoms with E-state index in [1.54, 1.807) is 0 Å². The molecule has 21 heavy (non-hydrogen) atoms. The fraction of sp³-hybridized carbons (Fsp3) is 0.500. The van der Waals surface area contributed by atoms with Gasteiger partial charge in [-0.15, -0.1) is 0 Å². The Morgan fingerprint density at radius 2 is 2.05 bits per heavy atom. The van der Waals surface area contributed by atoms with E-state index in [9.17, 15) is 13.2 Å². The molecule has 2 rings (SSSR count). The number of carboxylic acid groups (broad SMARTS) is 1. The zero-order valence-electron chi connectivity index (χ0n) is 12.0. The Balaban J connectivity index is 2.29. The molecule has 0 aromatic heterocycles. The highest BCUT2D eigenvalue weighted by atomic mass is 32.2. The summed E-state index contributed by atoms with van der Waals surface area (Å²) in [5.74, 6) is -1.01. The summed E-state index contributed by atoms with van der Waals surface area (Å²) in [5.41, 5.74) is 1.72. The smallest absolute Gasteiger partial charge is 0.304 e. The van der Waals surface area contributed by atoms with Crippen LogP contribution < -0.4 is 4.31 Å². The lowest BCUT2D eigenvalue weighted by Crippen LogP contribution is -2.43. The summed E-state index contributed by atoms with van der Waals surface area (Å²) < 4.78 is 27.9. The van der Waals surface area contributed by atoms with E-state index >= 15 is 0 Å². The third kappa shape index (κ3) is 3.54. The zero-order chi connectivity index (χ0) is 15.5. The van der Waals surface area contributed by atoms with Crippen LogP contribution in [0.3, 0.4) is 0 Å². The SMILES string of the molecule is CN(CCC(=O)O)S(=O)(=O)N1CCCCc2ccccc21. The molecule has 1 aromatic carbocycles. The summed E-state index contributed by atoms with van der Waals surface area (Å²) in [5, 5.41) is 8.71. The van der Waals surface area contributed by atoms with Gasteiger partial charge in [-0.2, -0.15) is 12.7 Å². The van der Waals surface area contributed by atoms with Crippen LogP contribution in [0.1, 0.15) is 24.8 Å². The minimum atomic E-state index is -3.69. The Morgan fingerprint density at radius 1 is 1.33 bits per heavy atom. The van der Waals surface area contributed by atoms with Gasteiger partial charge in [-0.3, -0.25) is 9.10 Å². The Morgan fingerprint density at radius 3 is 2.76 bits per heavy atom. The first-order valence-corrected chi connectivity index (χ1v) is 8.36. The van der Waals surface area contributed by atoms with Crippen molar-refractivity contribution in [1.29, 1.82) is 0 Å². The van der Waals surface area contributed by atoms with Crippen molar-refractivity contribution in [2.24, 2.45) is 0 Å². The number of fused-ring (bicyclic) bond motifs is 1. The normalized spacial score (nSPS) is 15.6. The molecule has 6 nitrogen and oxygen atoms in total. The van der Waals surface area contributed by atoms with Crippen LogP contribution in [-0.2, 0) is 21.4 Å². The number of hydrogen-bond donors (Lipinski definition) is 1. The van der Waals surface area contributed by atoms with E-state index in [-0.39, 0.29) is 13.0 Å². The van der Waals surface area contributed by atoms with Gasteiger partial charge in [-0.1, -0.05) is 18.2 Å². The van der Waals surface area contributed by atoms with E-state index in [4.69, 9.17) is 5.11 Å². The van der Waals surface area contributed by atoms with Crippen molar-refractivity contribution < 1.29 is 18.3 Å². The summed E-state index contributed by atoms with van der Waals surface area (Å²) in [4.78, 5) is 10.6. The standard InChI is InChI=1S/C14H20N2O4S/c1-15(11-9-14(17)18)21(19,20)16-10-5-4-7-12-6-2-3-8-13(12)16/h2-3,6,8H,4-5,7,9-11H2,1H3,(H,17,18). The van der Waals surface area contributed by atoms with Crippen LogP contribution in [0.5, 0.6) is 0 Å². The van der Waals surface area contributed by atoms with Gasteiger partial charge >= 0.3 is 16.2 Å². The number of aliphatic carboxylic acids is 1. The largest absolute Gasteiger partial charge is 0.481 e. The average Bonchev–Trinajstić information content (AvgIpc) is 2.67. The Labute approximate surface area is 125 Å². The molecule has 0 fully saturated rings. The lowest BCUT2D eigenvalue weighted by molar-refractivity contribution is -0.137. The maximum atomic E-state index is 12.7. The second-order valence-electron chi connectivity index (χ2n) is 5.13. The molecule has 1 heterocycles. The van der Waals surface area contributed by atoms with Gasteiger partial charge in [0.25, 0.3) is 0 Å². The molecular weight excluding hydrogens is 292 g/mol. The van der Waals surface area contributed by atoms with Crippen molar-refractivity contribution in [3.63, 3.8) is 0 Å². The number of benzene rings is 1. The maximum Gasteiger partial charge on any atom is 0.304 e. The average molecular weight is 312 g/mol. The highest BCUT2D eigenvalue weighted by Gasteiger charge is 2.29.